The van der Waals surface area contributed by atoms with Crippen molar-refractivity contribution < 1.29 is 0 Å². The van der Waals surface area contributed by atoms with Crippen molar-refractivity contribution in [1.82, 2.24) is 0 Å². The molecule has 1 atom stereocenters. The van der Waals surface area contributed by atoms with E-state index in [-0.39, 0.29) is 0 Å². The van der Waals surface area contributed by atoms with E-state index in [1.165, 1.54) is 18.5 Å². The second-order valence-corrected chi connectivity index (χ2v) is 5.26. The van der Waals surface area contributed by atoms with Gasteiger partial charge in [-0.15, -0.1) is 0 Å². The third-order valence-electron chi connectivity index (χ3n) is 2.97. The molecule has 82 valence electrons. The molecule has 1 aliphatic rings. The third kappa shape index (κ3) is 2.46. The maximum absolute atomic E-state index is 5.74. The highest BCUT2D eigenvalue weighted by Crippen LogP contribution is 2.31. The maximum atomic E-state index is 5.74. The summed E-state index contributed by atoms with van der Waals surface area (Å²) in [5.74, 6) is 0.795. The third-order valence-corrected chi connectivity index (χ3v) is 3.60. The molecule has 0 spiro atoms. The van der Waals surface area contributed by atoms with E-state index in [0.29, 0.717) is 0 Å². The van der Waals surface area contributed by atoms with E-state index in [9.17, 15) is 0 Å². The molecule has 1 heterocycles. The Bertz CT molecular complexity index is 351. The first kappa shape index (κ1) is 10.8. The van der Waals surface area contributed by atoms with Gasteiger partial charge in [0, 0.05) is 23.2 Å². The van der Waals surface area contributed by atoms with Crippen LogP contribution in [0.2, 0.25) is 0 Å². The second kappa shape index (κ2) is 4.44. The fraction of sp³-hybridized carbons (Fsp3) is 0.500. The first-order chi connectivity index (χ1) is 7.16. The smallest absolute Gasteiger partial charge is 0.0512 e. The van der Waals surface area contributed by atoms with Crippen LogP contribution in [0.15, 0.2) is 22.7 Å². The van der Waals surface area contributed by atoms with E-state index in [1.807, 2.05) is 12.1 Å². The average molecular weight is 269 g/mol. The van der Waals surface area contributed by atoms with Gasteiger partial charge in [0.1, 0.15) is 0 Å². The van der Waals surface area contributed by atoms with Crippen LogP contribution in [0.1, 0.15) is 19.8 Å². The van der Waals surface area contributed by atoms with Crippen LogP contribution in [0.25, 0.3) is 0 Å². The zero-order valence-electron chi connectivity index (χ0n) is 9.04. The maximum Gasteiger partial charge on any atom is 0.0512 e. The number of halogens is 1. The van der Waals surface area contributed by atoms with E-state index < -0.39 is 0 Å². The highest BCUT2D eigenvalue weighted by atomic mass is 79.9. The second-order valence-electron chi connectivity index (χ2n) is 4.40. The molecule has 2 N–H and O–H groups in total. The lowest BCUT2D eigenvalue weighted by molar-refractivity contribution is 0.446. The van der Waals surface area contributed by atoms with Crippen LogP contribution in [0.4, 0.5) is 11.4 Å². The van der Waals surface area contributed by atoms with Crippen molar-refractivity contribution in [3.8, 4) is 0 Å². The predicted octanol–water partition coefficient (Wildman–Crippen LogP) is 3.27. The van der Waals surface area contributed by atoms with Gasteiger partial charge in [0.2, 0.25) is 0 Å². The fourth-order valence-corrected chi connectivity index (χ4v) is 2.84. The molecule has 0 unspecified atom stereocenters. The molecule has 2 rings (SSSR count). The number of hydrogen-bond donors (Lipinski definition) is 1. The van der Waals surface area contributed by atoms with Gasteiger partial charge in [0.25, 0.3) is 0 Å². The van der Waals surface area contributed by atoms with E-state index >= 15 is 0 Å². The summed E-state index contributed by atoms with van der Waals surface area (Å²) in [7, 11) is 0. The van der Waals surface area contributed by atoms with Crippen molar-refractivity contribution in [2.75, 3.05) is 23.7 Å². The molecular formula is C12H17BrN2. The van der Waals surface area contributed by atoms with Crippen molar-refractivity contribution in [2.24, 2.45) is 5.92 Å². The fourth-order valence-electron chi connectivity index (χ4n) is 2.19. The number of anilines is 2. The van der Waals surface area contributed by atoms with Crippen LogP contribution in [0.3, 0.4) is 0 Å². The van der Waals surface area contributed by atoms with Gasteiger partial charge in [-0.2, -0.15) is 0 Å². The summed E-state index contributed by atoms with van der Waals surface area (Å²) >= 11 is 3.58. The van der Waals surface area contributed by atoms with Gasteiger partial charge in [0.15, 0.2) is 0 Å². The van der Waals surface area contributed by atoms with Gasteiger partial charge in [0.05, 0.1) is 5.69 Å². The lowest BCUT2D eigenvalue weighted by atomic mass is 10.00. The van der Waals surface area contributed by atoms with Crippen molar-refractivity contribution in [3.05, 3.63) is 22.7 Å². The van der Waals surface area contributed by atoms with Gasteiger partial charge in [-0.25, -0.2) is 0 Å². The van der Waals surface area contributed by atoms with E-state index in [4.69, 9.17) is 5.73 Å². The zero-order chi connectivity index (χ0) is 10.8. The summed E-state index contributed by atoms with van der Waals surface area (Å²) in [5, 5.41) is 0. The Kier molecular flexibility index (Phi) is 3.19. The average Bonchev–Trinajstić information content (AvgIpc) is 2.17. The van der Waals surface area contributed by atoms with Crippen LogP contribution < -0.4 is 10.6 Å². The summed E-state index contributed by atoms with van der Waals surface area (Å²) < 4.78 is 1.11. The minimum absolute atomic E-state index is 0.795. The van der Waals surface area contributed by atoms with Crippen LogP contribution >= 0.6 is 15.9 Å². The summed E-state index contributed by atoms with van der Waals surface area (Å²) in [5.41, 5.74) is 7.83. The minimum Gasteiger partial charge on any atom is -0.399 e. The number of nitrogens with two attached hydrogens (primary N) is 1. The molecule has 1 fully saturated rings. The van der Waals surface area contributed by atoms with E-state index in [2.05, 4.69) is 33.8 Å². The summed E-state index contributed by atoms with van der Waals surface area (Å²) in [4.78, 5) is 2.44. The standard InChI is InChI=1S/C12H17BrN2/c1-9-3-2-6-15(8-9)12-5-4-10(14)7-11(12)13/h4-5,7,9H,2-3,6,8,14H2,1H3/t9-/m1/s1. The molecule has 15 heavy (non-hydrogen) atoms. The molecule has 0 amide bonds. The Morgan fingerprint density at radius 2 is 2.27 bits per heavy atom. The van der Waals surface area contributed by atoms with Crippen LogP contribution in [0, 0.1) is 5.92 Å². The number of nitrogens with zero attached hydrogens (tertiary/aromatic N) is 1. The van der Waals surface area contributed by atoms with E-state index in [1.54, 1.807) is 0 Å². The Morgan fingerprint density at radius 3 is 2.93 bits per heavy atom. The number of rotatable bonds is 1. The first-order valence-corrected chi connectivity index (χ1v) is 6.26. The van der Waals surface area contributed by atoms with Gasteiger partial charge in [-0.1, -0.05) is 6.92 Å². The molecule has 1 aromatic carbocycles. The predicted molar refractivity (Wildman–Crippen MR) is 69.2 cm³/mol. The molecule has 0 saturated carbocycles. The molecule has 1 aromatic rings. The SMILES string of the molecule is C[C@@H]1CCCN(c2ccc(N)cc2Br)C1. The van der Waals surface area contributed by atoms with E-state index in [0.717, 1.165) is 29.2 Å². The van der Waals surface area contributed by atoms with Gasteiger partial charge >= 0.3 is 0 Å². The molecule has 0 aliphatic carbocycles. The Morgan fingerprint density at radius 1 is 1.47 bits per heavy atom. The first-order valence-electron chi connectivity index (χ1n) is 5.47. The topological polar surface area (TPSA) is 29.3 Å². The summed E-state index contributed by atoms with van der Waals surface area (Å²) in [6, 6.07) is 6.06. The molecule has 3 heteroatoms. The van der Waals surface area contributed by atoms with Gasteiger partial charge < -0.3 is 10.6 Å². The number of nitrogen functional groups attached to an aromatic ring is 1. The molecular weight excluding hydrogens is 252 g/mol. The molecule has 2 nitrogen and oxygen atoms in total. The van der Waals surface area contributed by atoms with Crippen LogP contribution in [-0.2, 0) is 0 Å². The highest BCUT2D eigenvalue weighted by molar-refractivity contribution is 9.10. The number of benzene rings is 1. The largest absolute Gasteiger partial charge is 0.399 e. The molecule has 0 aromatic heterocycles. The van der Waals surface area contributed by atoms with Crippen LogP contribution in [-0.4, -0.2) is 13.1 Å². The number of piperidine rings is 1. The van der Waals surface area contributed by atoms with Crippen molar-refractivity contribution >= 4 is 27.3 Å². The summed E-state index contributed by atoms with van der Waals surface area (Å²) in [6.07, 6.45) is 2.64. The van der Waals surface area contributed by atoms with Gasteiger partial charge in [-0.3, -0.25) is 0 Å². The highest BCUT2D eigenvalue weighted by Gasteiger charge is 2.18. The summed E-state index contributed by atoms with van der Waals surface area (Å²) in [6.45, 7) is 4.63. The Hall–Kier alpha value is -0.700. The Labute approximate surface area is 99.6 Å². The molecule has 0 radical (unpaired) electrons. The molecule has 0 bridgehead atoms. The number of hydrogen-bond acceptors (Lipinski definition) is 2. The van der Waals surface area contributed by atoms with Crippen molar-refractivity contribution in [2.45, 2.75) is 19.8 Å². The Balaban J connectivity index is 2.21. The quantitative estimate of drug-likeness (QED) is 0.793. The van der Waals surface area contributed by atoms with Crippen LogP contribution in [0.5, 0.6) is 0 Å². The normalized spacial score (nSPS) is 21.7. The van der Waals surface area contributed by atoms with Gasteiger partial charge in [-0.05, 0) is 52.9 Å². The zero-order valence-corrected chi connectivity index (χ0v) is 10.6. The monoisotopic (exact) mass is 268 g/mol. The molecule has 1 aliphatic heterocycles. The lowest BCUT2D eigenvalue weighted by Crippen LogP contribution is -2.34. The molecule has 1 saturated heterocycles. The lowest BCUT2D eigenvalue weighted by Gasteiger charge is -2.33. The minimum atomic E-state index is 0.795. The van der Waals surface area contributed by atoms with Crippen molar-refractivity contribution in [3.63, 3.8) is 0 Å². The van der Waals surface area contributed by atoms with Crippen molar-refractivity contribution in [1.29, 1.82) is 0 Å².